The molecule has 16 heavy (non-hydrogen) atoms. The molecule has 0 spiro atoms. The molecule has 0 aromatic carbocycles. The van der Waals surface area contributed by atoms with Crippen LogP contribution in [0.5, 0.6) is 0 Å². The highest BCUT2D eigenvalue weighted by molar-refractivity contribution is 6.29. The van der Waals surface area contributed by atoms with Crippen molar-refractivity contribution in [2.45, 2.75) is 6.10 Å². The van der Waals surface area contributed by atoms with Gasteiger partial charge in [-0.25, -0.2) is 4.98 Å². The molecule has 2 N–H and O–H groups in total. The van der Waals surface area contributed by atoms with Crippen molar-refractivity contribution in [2.24, 2.45) is 0 Å². The zero-order valence-corrected chi connectivity index (χ0v) is 9.31. The number of ether oxygens (including phenoxy) is 1. The lowest BCUT2D eigenvalue weighted by Crippen LogP contribution is -2.42. The van der Waals surface area contributed by atoms with Crippen molar-refractivity contribution >= 4 is 23.1 Å². The maximum absolute atomic E-state index is 8.79. The first kappa shape index (κ1) is 11.0. The zero-order valence-electron chi connectivity index (χ0n) is 8.56. The van der Waals surface area contributed by atoms with Crippen LogP contribution in [-0.4, -0.2) is 30.8 Å². The Morgan fingerprint density at radius 2 is 2.44 bits per heavy atom. The van der Waals surface area contributed by atoms with Gasteiger partial charge in [0.05, 0.1) is 19.2 Å². The molecule has 1 saturated heterocycles. The molecule has 84 valence electrons. The third kappa shape index (κ3) is 2.35. The van der Waals surface area contributed by atoms with E-state index in [0.717, 1.165) is 0 Å². The van der Waals surface area contributed by atoms with E-state index in [4.69, 9.17) is 27.3 Å². The van der Waals surface area contributed by atoms with Gasteiger partial charge in [0.1, 0.15) is 11.0 Å². The number of nitrogens with zero attached hydrogens (tertiary/aromatic N) is 3. The van der Waals surface area contributed by atoms with Crippen LogP contribution in [0.25, 0.3) is 0 Å². The first-order valence-corrected chi connectivity index (χ1v) is 5.26. The van der Waals surface area contributed by atoms with Crippen molar-refractivity contribution in [3.8, 4) is 6.07 Å². The molecule has 2 rings (SSSR count). The molecule has 5 nitrogen and oxygen atoms in total. The lowest BCUT2D eigenvalue weighted by atomic mass is 10.3. The molecule has 1 aromatic rings. The smallest absolute Gasteiger partial charge is 0.161 e. The molecule has 1 atom stereocenters. The molecule has 0 amide bonds. The van der Waals surface area contributed by atoms with Gasteiger partial charge in [-0.3, -0.25) is 0 Å². The number of rotatable bonds is 1. The van der Waals surface area contributed by atoms with Gasteiger partial charge in [0.15, 0.2) is 6.10 Å². The highest BCUT2D eigenvalue weighted by Crippen LogP contribution is 2.21. The molecular weight excluding hydrogens is 228 g/mol. The Morgan fingerprint density at radius 1 is 1.62 bits per heavy atom. The van der Waals surface area contributed by atoms with Crippen LogP contribution < -0.4 is 10.6 Å². The fourth-order valence-electron chi connectivity index (χ4n) is 1.60. The Bertz CT molecular complexity index is 411. The minimum Gasteiger partial charge on any atom is -0.399 e. The molecule has 0 saturated carbocycles. The maximum Gasteiger partial charge on any atom is 0.161 e. The van der Waals surface area contributed by atoms with Crippen molar-refractivity contribution < 1.29 is 4.74 Å². The number of pyridine rings is 1. The number of morpholine rings is 1. The largest absolute Gasteiger partial charge is 0.399 e. The summed E-state index contributed by atoms with van der Waals surface area (Å²) in [5.74, 6) is 0.688. The highest BCUT2D eigenvalue weighted by Gasteiger charge is 2.21. The van der Waals surface area contributed by atoms with Gasteiger partial charge in [-0.1, -0.05) is 11.6 Å². The van der Waals surface area contributed by atoms with Crippen LogP contribution in [0.2, 0.25) is 5.15 Å². The number of hydrogen-bond acceptors (Lipinski definition) is 5. The molecule has 1 aromatic heterocycles. The van der Waals surface area contributed by atoms with Gasteiger partial charge in [-0.2, -0.15) is 5.26 Å². The number of anilines is 2. The van der Waals surface area contributed by atoms with Crippen LogP contribution in [0.15, 0.2) is 12.1 Å². The predicted octanol–water partition coefficient (Wildman–Crippen LogP) is 1.05. The Balaban J connectivity index is 2.20. The lowest BCUT2D eigenvalue weighted by Gasteiger charge is -2.30. The summed E-state index contributed by atoms with van der Waals surface area (Å²) < 4.78 is 5.24. The predicted molar refractivity (Wildman–Crippen MR) is 61.2 cm³/mol. The van der Waals surface area contributed by atoms with Crippen LogP contribution in [0.1, 0.15) is 0 Å². The molecule has 1 unspecified atom stereocenters. The van der Waals surface area contributed by atoms with E-state index in [-0.39, 0.29) is 0 Å². The standard InChI is InChI=1S/C10H11ClN4O/c11-9-3-7(13)4-10(14-9)15-1-2-16-8(5-12)6-15/h3-4,8H,1-2,6H2,(H2,13,14). The molecule has 2 heterocycles. The Morgan fingerprint density at radius 3 is 3.12 bits per heavy atom. The van der Waals surface area contributed by atoms with E-state index in [1.165, 1.54) is 0 Å². The van der Waals surface area contributed by atoms with E-state index in [0.29, 0.717) is 36.4 Å². The SMILES string of the molecule is N#CC1CN(c2cc(N)cc(Cl)n2)CCO1. The second-order valence-corrected chi connectivity index (χ2v) is 3.90. The summed E-state index contributed by atoms with van der Waals surface area (Å²) in [7, 11) is 0. The minimum absolute atomic E-state index is 0.356. The van der Waals surface area contributed by atoms with Crippen molar-refractivity contribution in [3.63, 3.8) is 0 Å². The average molecular weight is 239 g/mol. The summed E-state index contributed by atoms with van der Waals surface area (Å²) in [4.78, 5) is 6.12. The summed E-state index contributed by atoms with van der Waals surface area (Å²) in [5.41, 5.74) is 6.25. The van der Waals surface area contributed by atoms with Crippen molar-refractivity contribution in [3.05, 3.63) is 17.3 Å². The number of nitrogens with two attached hydrogens (primary N) is 1. The van der Waals surface area contributed by atoms with E-state index in [1.807, 2.05) is 4.90 Å². The molecular formula is C10H11ClN4O. The number of halogens is 1. The minimum atomic E-state index is -0.421. The number of nitriles is 1. The zero-order chi connectivity index (χ0) is 11.5. The van der Waals surface area contributed by atoms with E-state index in [1.54, 1.807) is 12.1 Å². The van der Waals surface area contributed by atoms with Gasteiger partial charge in [0, 0.05) is 18.3 Å². The third-order valence-corrected chi connectivity index (χ3v) is 2.53. The second-order valence-electron chi connectivity index (χ2n) is 3.52. The van der Waals surface area contributed by atoms with Crippen LogP contribution in [0, 0.1) is 11.3 Å². The number of aromatic nitrogens is 1. The number of hydrogen-bond donors (Lipinski definition) is 1. The Hall–Kier alpha value is -1.51. The average Bonchev–Trinajstić information content (AvgIpc) is 2.28. The fraction of sp³-hybridized carbons (Fsp3) is 0.400. The summed E-state index contributed by atoms with van der Waals surface area (Å²) in [6, 6.07) is 5.41. The van der Waals surface area contributed by atoms with Gasteiger partial charge in [-0.15, -0.1) is 0 Å². The Kier molecular flexibility index (Phi) is 3.13. The molecule has 0 radical (unpaired) electrons. The molecule has 1 aliphatic heterocycles. The van der Waals surface area contributed by atoms with E-state index < -0.39 is 6.10 Å². The normalized spacial score (nSPS) is 20.5. The van der Waals surface area contributed by atoms with Crippen LogP contribution in [0.4, 0.5) is 11.5 Å². The van der Waals surface area contributed by atoms with Crippen molar-refractivity contribution in [1.29, 1.82) is 5.26 Å². The van der Waals surface area contributed by atoms with Gasteiger partial charge in [0.2, 0.25) is 0 Å². The summed E-state index contributed by atoms with van der Waals surface area (Å²) in [6.45, 7) is 1.68. The molecule has 1 aliphatic rings. The molecule has 0 bridgehead atoms. The van der Waals surface area contributed by atoms with Crippen LogP contribution >= 0.6 is 11.6 Å². The van der Waals surface area contributed by atoms with Gasteiger partial charge < -0.3 is 15.4 Å². The highest BCUT2D eigenvalue weighted by atomic mass is 35.5. The monoisotopic (exact) mass is 238 g/mol. The Labute approximate surface area is 98.4 Å². The summed E-state index contributed by atoms with van der Waals surface area (Å²) in [5, 5.41) is 9.15. The topological polar surface area (TPSA) is 75.2 Å². The first-order chi connectivity index (χ1) is 7.69. The van der Waals surface area contributed by atoms with Crippen LogP contribution in [0.3, 0.4) is 0 Å². The lowest BCUT2D eigenvalue weighted by molar-refractivity contribution is 0.0761. The molecule has 1 fully saturated rings. The maximum atomic E-state index is 8.79. The van der Waals surface area contributed by atoms with Gasteiger partial charge in [0.25, 0.3) is 0 Å². The quantitative estimate of drug-likeness (QED) is 0.740. The van der Waals surface area contributed by atoms with Gasteiger partial charge >= 0.3 is 0 Å². The van der Waals surface area contributed by atoms with Gasteiger partial charge in [-0.05, 0) is 6.07 Å². The van der Waals surface area contributed by atoms with E-state index in [9.17, 15) is 0 Å². The molecule has 6 heteroatoms. The third-order valence-electron chi connectivity index (χ3n) is 2.34. The number of nitrogen functional groups attached to an aromatic ring is 1. The fourth-order valence-corrected chi connectivity index (χ4v) is 1.81. The second kappa shape index (κ2) is 4.56. The molecule has 0 aliphatic carbocycles. The van der Waals surface area contributed by atoms with E-state index in [2.05, 4.69) is 11.1 Å². The summed E-state index contributed by atoms with van der Waals surface area (Å²) >= 11 is 5.83. The van der Waals surface area contributed by atoms with Crippen LogP contribution in [-0.2, 0) is 4.74 Å². The summed E-state index contributed by atoms with van der Waals surface area (Å²) in [6.07, 6.45) is -0.421. The first-order valence-electron chi connectivity index (χ1n) is 4.88. The van der Waals surface area contributed by atoms with Crippen molar-refractivity contribution in [2.75, 3.05) is 30.3 Å². The van der Waals surface area contributed by atoms with E-state index >= 15 is 0 Å². The van der Waals surface area contributed by atoms with Crippen molar-refractivity contribution in [1.82, 2.24) is 4.98 Å².